The Labute approximate surface area is 150 Å². The van der Waals surface area contributed by atoms with Crippen LogP contribution in [0.5, 0.6) is 0 Å². The molecular formula is C15H12F2N6O2S. The Morgan fingerprint density at radius 2 is 2.12 bits per heavy atom. The van der Waals surface area contributed by atoms with E-state index >= 15 is 0 Å². The van der Waals surface area contributed by atoms with E-state index in [9.17, 15) is 18.8 Å². The van der Waals surface area contributed by atoms with Gasteiger partial charge in [0.25, 0.3) is 5.72 Å². The Hall–Kier alpha value is -2.42. The smallest absolute Gasteiger partial charge is 0.416 e. The number of rotatable bonds is 2. The average Bonchev–Trinajstić information content (AvgIpc) is 2.98. The lowest BCUT2D eigenvalue weighted by Crippen LogP contribution is -2.61. The number of hydrogen-bond donors (Lipinski definition) is 2. The molecule has 2 saturated heterocycles. The maximum absolute atomic E-state index is 14.6. The molecule has 134 valence electrons. The second kappa shape index (κ2) is 4.85. The van der Waals surface area contributed by atoms with Crippen molar-refractivity contribution in [1.82, 2.24) is 15.5 Å². The predicted octanol–water partition coefficient (Wildman–Crippen LogP) is 1.86. The van der Waals surface area contributed by atoms with Gasteiger partial charge in [0, 0.05) is 17.5 Å². The summed E-state index contributed by atoms with van der Waals surface area (Å²) in [7, 11) is 0. The number of nitrogens with one attached hydrogen (secondary N) is 2. The van der Waals surface area contributed by atoms with Crippen LogP contribution in [-0.2, 0) is 10.2 Å². The SMILES string of the molecule is CC1N(c2cc(F)c(C3(C#N)CC3)c(F)c2)C(=O)O[C@@]12NN1NN=C2S1. The second-order valence-electron chi connectivity index (χ2n) is 6.64. The normalized spacial score (nSPS) is 33.1. The summed E-state index contributed by atoms with van der Waals surface area (Å²) in [6.45, 7) is 1.70. The van der Waals surface area contributed by atoms with E-state index in [0.29, 0.717) is 17.9 Å². The molecule has 2 bridgehead atoms. The van der Waals surface area contributed by atoms with Gasteiger partial charge < -0.3 is 4.74 Å². The largest absolute Gasteiger partial charge is 0.417 e. The number of fused-ring (bicyclic) bond motifs is 3. The van der Waals surface area contributed by atoms with E-state index in [1.54, 1.807) is 6.92 Å². The molecule has 2 unspecified atom stereocenters. The van der Waals surface area contributed by atoms with Crippen LogP contribution in [0.1, 0.15) is 25.3 Å². The van der Waals surface area contributed by atoms with Gasteiger partial charge in [-0.25, -0.2) is 19.1 Å². The number of hydrazone groups is 1. The highest BCUT2D eigenvalue weighted by molar-refractivity contribution is 8.12. The van der Waals surface area contributed by atoms with Crippen molar-refractivity contribution in [3.63, 3.8) is 0 Å². The fraction of sp³-hybridized carbons (Fsp3) is 0.400. The first-order valence-electron chi connectivity index (χ1n) is 7.93. The van der Waals surface area contributed by atoms with Crippen molar-refractivity contribution in [2.24, 2.45) is 5.10 Å². The number of hydrazine groups is 2. The summed E-state index contributed by atoms with van der Waals surface area (Å²) in [4.78, 5) is 13.6. The molecule has 26 heavy (non-hydrogen) atoms. The summed E-state index contributed by atoms with van der Waals surface area (Å²) in [6, 6.07) is 3.53. The molecule has 2 N–H and O–H groups in total. The number of benzene rings is 1. The van der Waals surface area contributed by atoms with E-state index in [1.165, 1.54) is 21.4 Å². The third-order valence-corrected chi connectivity index (χ3v) is 6.10. The highest BCUT2D eigenvalue weighted by Crippen LogP contribution is 2.50. The lowest BCUT2D eigenvalue weighted by molar-refractivity contribution is 0.0171. The van der Waals surface area contributed by atoms with Crippen LogP contribution in [0.3, 0.4) is 0 Å². The maximum Gasteiger partial charge on any atom is 0.416 e. The molecule has 1 spiro atoms. The molecule has 3 heterocycles. The molecule has 1 aliphatic carbocycles. The van der Waals surface area contributed by atoms with Crippen LogP contribution in [0, 0.1) is 23.0 Å². The number of carbonyl (C=O) groups is 1. The summed E-state index contributed by atoms with van der Waals surface area (Å²) < 4.78 is 36.2. The van der Waals surface area contributed by atoms with Crippen molar-refractivity contribution in [3.05, 3.63) is 29.3 Å². The quantitative estimate of drug-likeness (QED) is 0.759. The highest BCUT2D eigenvalue weighted by atomic mass is 32.2. The van der Waals surface area contributed by atoms with Gasteiger partial charge in [-0.05, 0) is 31.9 Å². The van der Waals surface area contributed by atoms with Gasteiger partial charge in [0.05, 0.1) is 23.2 Å². The van der Waals surface area contributed by atoms with Gasteiger partial charge in [-0.3, -0.25) is 4.90 Å². The Bertz CT molecular complexity index is 906. The van der Waals surface area contributed by atoms with Crippen molar-refractivity contribution >= 4 is 28.8 Å². The molecule has 11 heteroatoms. The van der Waals surface area contributed by atoms with Crippen LogP contribution in [0.25, 0.3) is 0 Å². The lowest BCUT2D eigenvalue weighted by atomic mass is 9.95. The van der Waals surface area contributed by atoms with Crippen LogP contribution in [-0.4, -0.2) is 27.4 Å². The van der Waals surface area contributed by atoms with E-state index in [-0.39, 0.29) is 11.3 Å². The van der Waals surface area contributed by atoms with Crippen molar-refractivity contribution in [2.45, 2.75) is 36.9 Å². The summed E-state index contributed by atoms with van der Waals surface area (Å²) in [5.74, 6) is -1.67. The molecule has 0 radical (unpaired) electrons. The van der Waals surface area contributed by atoms with Gasteiger partial charge in [0.2, 0.25) is 0 Å². The molecule has 4 aliphatic rings. The molecule has 3 aliphatic heterocycles. The maximum atomic E-state index is 14.6. The zero-order chi connectivity index (χ0) is 18.3. The number of ether oxygens (including phenoxy) is 1. The molecule has 3 atom stereocenters. The predicted molar refractivity (Wildman–Crippen MR) is 87.2 cm³/mol. The summed E-state index contributed by atoms with van der Waals surface area (Å²) in [5, 5.41) is 13.8. The van der Waals surface area contributed by atoms with Gasteiger partial charge in [0.15, 0.2) is 5.04 Å². The number of halogens is 2. The Balaban J connectivity index is 1.55. The molecule has 1 aromatic carbocycles. The van der Waals surface area contributed by atoms with Crippen LogP contribution >= 0.6 is 11.9 Å². The minimum Gasteiger partial charge on any atom is -0.417 e. The number of amides is 1. The minimum absolute atomic E-state index is 0.0324. The van der Waals surface area contributed by atoms with E-state index in [2.05, 4.69) is 16.1 Å². The first kappa shape index (κ1) is 15.8. The highest BCUT2D eigenvalue weighted by Gasteiger charge is 2.63. The van der Waals surface area contributed by atoms with E-state index in [1.807, 2.05) is 6.07 Å². The number of nitrogens with zero attached hydrogens (tertiary/aromatic N) is 4. The molecule has 8 nitrogen and oxygen atoms in total. The summed E-state index contributed by atoms with van der Waals surface area (Å²) in [6.07, 6.45) is 0.104. The standard InChI is InChI=1S/C15H12F2N6O2S/c1-7-15(12-19-21-23(20-15)26-12)25-13(24)22(7)8-4-9(16)11(10(17)5-8)14(6-18)2-3-14/h4-5,7,20-21H,2-3H2,1H3/t7?,15-/m0/s1. The van der Waals surface area contributed by atoms with Gasteiger partial charge in [-0.2, -0.15) is 15.8 Å². The first-order chi connectivity index (χ1) is 12.4. The third kappa shape index (κ3) is 1.83. The minimum atomic E-state index is -1.21. The van der Waals surface area contributed by atoms with Crippen LogP contribution in [0.15, 0.2) is 17.2 Å². The van der Waals surface area contributed by atoms with Crippen molar-refractivity contribution < 1.29 is 18.3 Å². The van der Waals surface area contributed by atoms with Gasteiger partial charge in [0.1, 0.15) is 11.6 Å². The zero-order valence-electron chi connectivity index (χ0n) is 13.4. The summed E-state index contributed by atoms with van der Waals surface area (Å²) >= 11 is 1.23. The number of anilines is 1. The average molecular weight is 378 g/mol. The fourth-order valence-corrected chi connectivity index (χ4v) is 4.50. The van der Waals surface area contributed by atoms with Crippen molar-refractivity contribution in [3.8, 4) is 6.07 Å². The van der Waals surface area contributed by atoms with Gasteiger partial charge in [-0.15, -0.1) is 0 Å². The number of nitriles is 1. The molecule has 1 aromatic rings. The molecule has 5 rings (SSSR count). The van der Waals surface area contributed by atoms with Crippen LogP contribution in [0.4, 0.5) is 19.3 Å². The molecule has 1 amide bonds. The topological polar surface area (TPSA) is 93.0 Å². The Morgan fingerprint density at radius 3 is 2.62 bits per heavy atom. The van der Waals surface area contributed by atoms with Gasteiger partial charge in [-0.1, -0.05) is 4.52 Å². The van der Waals surface area contributed by atoms with E-state index in [0.717, 1.165) is 12.1 Å². The van der Waals surface area contributed by atoms with E-state index < -0.39 is 34.9 Å². The lowest BCUT2D eigenvalue weighted by Gasteiger charge is -2.30. The fourth-order valence-electron chi connectivity index (χ4n) is 3.59. The summed E-state index contributed by atoms with van der Waals surface area (Å²) in [5.41, 5.74) is 3.14. The number of carbonyl (C=O) groups excluding carboxylic acids is 1. The van der Waals surface area contributed by atoms with Gasteiger partial charge >= 0.3 is 6.09 Å². The third-order valence-electron chi connectivity index (χ3n) is 5.17. The molecular weight excluding hydrogens is 366 g/mol. The molecule has 0 aromatic heterocycles. The van der Waals surface area contributed by atoms with Crippen LogP contribution < -0.4 is 15.9 Å². The van der Waals surface area contributed by atoms with E-state index in [4.69, 9.17) is 4.74 Å². The first-order valence-corrected chi connectivity index (χ1v) is 8.70. The second-order valence-corrected chi connectivity index (χ2v) is 7.58. The van der Waals surface area contributed by atoms with Crippen LogP contribution in [0.2, 0.25) is 0 Å². The van der Waals surface area contributed by atoms with Crippen molar-refractivity contribution in [1.29, 1.82) is 5.26 Å². The monoisotopic (exact) mass is 378 g/mol. The van der Waals surface area contributed by atoms with Crippen molar-refractivity contribution in [2.75, 3.05) is 4.90 Å². The Morgan fingerprint density at radius 1 is 1.42 bits per heavy atom. The number of hydrogen-bond acceptors (Lipinski definition) is 8. The zero-order valence-corrected chi connectivity index (χ0v) is 14.2. The molecule has 1 saturated carbocycles. The Kier molecular flexibility index (Phi) is 2.95. The molecule has 3 fully saturated rings.